The normalized spacial score (nSPS) is 21.3. The van der Waals surface area contributed by atoms with E-state index in [0.717, 1.165) is 0 Å². The van der Waals surface area contributed by atoms with Crippen LogP contribution in [0.2, 0.25) is 0 Å². The van der Waals surface area contributed by atoms with Gasteiger partial charge in [-0.2, -0.15) is 0 Å². The van der Waals surface area contributed by atoms with Crippen LogP contribution in [0.5, 0.6) is 11.5 Å². The van der Waals surface area contributed by atoms with Crippen molar-refractivity contribution < 1.29 is 19.7 Å². The number of benzene rings is 1. The fourth-order valence-electron chi connectivity index (χ4n) is 1.91. The van der Waals surface area contributed by atoms with Gasteiger partial charge in [-0.1, -0.05) is 6.92 Å². The number of ether oxygens (including phenoxy) is 1. The highest BCUT2D eigenvalue weighted by Crippen LogP contribution is 2.24. The summed E-state index contributed by atoms with van der Waals surface area (Å²) >= 11 is 0. The van der Waals surface area contributed by atoms with Crippen LogP contribution < -0.4 is 15.3 Å². The Bertz CT molecular complexity index is 593. The van der Waals surface area contributed by atoms with Gasteiger partial charge in [0.1, 0.15) is 5.36 Å². The van der Waals surface area contributed by atoms with Crippen molar-refractivity contribution in [3.63, 3.8) is 0 Å². The molecule has 0 saturated carbocycles. The van der Waals surface area contributed by atoms with E-state index in [1.54, 1.807) is 25.1 Å². The molecule has 0 spiro atoms. The largest absolute Gasteiger partial charge is 0.503 e. The van der Waals surface area contributed by atoms with Crippen molar-refractivity contribution in [1.82, 2.24) is 0 Å². The third-order valence-corrected chi connectivity index (χ3v) is 2.98. The van der Waals surface area contributed by atoms with Gasteiger partial charge in [0.2, 0.25) is 0 Å². The molecule has 2 N–H and O–H groups in total. The van der Waals surface area contributed by atoms with Crippen LogP contribution in [-0.4, -0.2) is 28.8 Å². The molecule has 2 rings (SSSR count). The van der Waals surface area contributed by atoms with Crippen molar-refractivity contribution in [3.05, 3.63) is 22.7 Å². The van der Waals surface area contributed by atoms with Gasteiger partial charge in [-0.15, -0.1) is 0 Å². The van der Waals surface area contributed by atoms with E-state index in [0.29, 0.717) is 11.6 Å². The van der Waals surface area contributed by atoms with Gasteiger partial charge in [0.15, 0.2) is 17.0 Å². The monoisotopic (exact) mass is 235 g/mol. The number of carbonyl (C=O) groups is 1. The molecule has 1 aromatic carbocycles. The first kappa shape index (κ1) is 11.4. The maximum Gasteiger partial charge on any atom is 0.335 e. The zero-order valence-electron chi connectivity index (χ0n) is 9.60. The first-order valence-electron chi connectivity index (χ1n) is 5.26. The van der Waals surface area contributed by atoms with E-state index in [9.17, 15) is 15.0 Å². The number of phenols is 1. The summed E-state index contributed by atoms with van der Waals surface area (Å²) in [5.74, 6) is -0.842. The highest BCUT2D eigenvalue weighted by Gasteiger charge is 2.36. The van der Waals surface area contributed by atoms with E-state index in [-0.39, 0.29) is 16.9 Å². The molecule has 1 heterocycles. The summed E-state index contributed by atoms with van der Waals surface area (Å²) in [6.07, 6.45) is 1.89. The summed E-state index contributed by atoms with van der Waals surface area (Å²) < 4.78 is 4.96. The minimum atomic E-state index is -1.27. The maximum atomic E-state index is 11.3. The van der Waals surface area contributed by atoms with Gasteiger partial charge >= 0.3 is 5.97 Å². The molecule has 1 aliphatic rings. The van der Waals surface area contributed by atoms with E-state index >= 15 is 0 Å². The molecule has 0 radical (unpaired) electrons. The molecule has 0 bridgehead atoms. The molecule has 1 atom stereocenters. The molecule has 1 aromatic rings. The molecule has 0 amide bonds. The number of hydrogen-bond acceptors (Lipinski definition) is 4. The zero-order valence-corrected chi connectivity index (χ0v) is 9.60. The van der Waals surface area contributed by atoms with Gasteiger partial charge in [0.25, 0.3) is 0 Å². The predicted molar refractivity (Wildman–Crippen MR) is 60.6 cm³/mol. The minimum Gasteiger partial charge on any atom is -0.503 e. The Hall–Kier alpha value is -2.04. The van der Waals surface area contributed by atoms with Crippen LogP contribution in [0.4, 0.5) is 0 Å². The van der Waals surface area contributed by atoms with Crippen molar-refractivity contribution in [2.24, 2.45) is 4.99 Å². The SMILES string of the molecule is CCC1(C(=O)O)C=c2ccc(OC)c(O)c2=N1. The van der Waals surface area contributed by atoms with Gasteiger partial charge in [-0.05, 0) is 24.6 Å². The first-order valence-corrected chi connectivity index (χ1v) is 5.26. The topological polar surface area (TPSA) is 79.1 Å². The quantitative estimate of drug-likeness (QED) is 0.775. The van der Waals surface area contributed by atoms with Gasteiger partial charge in [-0.3, -0.25) is 4.99 Å². The summed E-state index contributed by atoms with van der Waals surface area (Å²) in [6.45, 7) is 1.74. The van der Waals surface area contributed by atoms with Crippen LogP contribution in [0.3, 0.4) is 0 Å². The number of rotatable bonds is 3. The van der Waals surface area contributed by atoms with E-state index in [2.05, 4.69) is 4.99 Å². The first-order chi connectivity index (χ1) is 8.04. The highest BCUT2D eigenvalue weighted by molar-refractivity contribution is 5.88. The average molecular weight is 235 g/mol. The molecule has 17 heavy (non-hydrogen) atoms. The van der Waals surface area contributed by atoms with Crippen LogP contribution >= 0.6 is 0 Å². The number of phenolic OH excluding ortho intramolecular Hbond substituents is 1. The Morgan fingerprint density at radius 2 is 2.24 bits per heavy atom. The van der Waals surface area contributed by atoms with Gasteiger partial charge in [0, 0.05) is 5.22 Å². The second-order valence-corrected chi connectivity index (χ2v) is 3.89. The molecular formula is C12H13NO4. The summed E-state index contributed by atoms with van der Waals surface area (Å²) in [4.78, 5) is 15.4. The predicted octanol–water partition coefficient (Wildman–Crippen LogP) is 0.0479. The molecule has 5 nitrogen and oxygen atoms in total. The van der Waals surface area contributed by atoms with Crippen molar-refractivity contribution in [2.45, 2.75) is 18.9 Å². The molecule has 90 valence electrons. The van der Waals surface area contributed by atoms with E-state index in [4.69, 9.17) is 4.74 Å². The van der Waals surface area contributed by atoms with E-state index in [1.807, 2.05) is 0 Å². The van der Waals surface area contributed by atoms with Crippen molar-refractivity contribution in [2.75, 3.05) is 7.11 Å². The smallest absolute Gasteiger partial charge is 0.335 e. The summed E-state index contributed by atoms with van der Waals surface area (Å²) in [6, 6.07) is 3.28. The van der Waals surface area contributed by atoms with Crippen molar-refractivity contribution >= 4 is 12.0 Å². The number of carboxylic acid groups (broad SMARTS) is 1. The number of carboxylic acids is 1. The minimum absolute atomic E-state index is 0.113. The van der Waals surface area contributed by atoms with Gasteiger partial charge in [-0.25, -0.2) is 4.79 Å². The summed E-state index contributed by atoms with van der Waals surface area (Å²) in [5, 5.41) is 20.0. The molecule has 0 aliphatic carbocycles. The Balaban J connectivity index is 2.73. The number of hydrogen-bond donors (Lipinski definition) is 2. The summed E-state index contributed by atoms with van der Waals surface area (Å²) in [5.41, 5.74) is -1.27. The van der Waals surface area contributed by atoms with Crippen molar-refractivity contribution in [1.29, 1.82) is 0 Å². The van der Waals surface area contributed by atoms with Crippen molar-refractivity contribution in [3.8, 4) is 11.5 Å². The number of fused-ring (bicyclic) bond motifs is 1. The van der Waals surface area contributed by atoms with Crippen LogP contribution in [0.25, 0.3) is 6.08 Å². The van der Waals surface area contributed by atoms with Gasteiger partial charge < -0.3 is 14.9 Å². The van der Waals surface area contributed by atoms with E-state index in [1.165, 1.54) is 7.11 Å². The van der Waals surface area contributed by atoms with Crippen LogP contribution in [0, 0.1) is 0 Å². The number of methoxy groups -OCH3 is 1. The standard InChI is InChI=1S/C12H13NO4/c1-3-12(11(15)16)6-7-4-5-8(17-2)10(14)9(7)13-12/h4-6,14H,3H2,1-2H3,(H,15,16). The lowest BCUT2D eigenvalue weighted by Gasteiger charge is -2.15. The molecule has 1 aliphatic heterocycles. The second kappa shape index (κ2) is 3.76. The second-order valence-electron chi connectivity index (χ2n) is 3.89. The third kappa shape index (κ3) is 1.54. The zero-order chi connectivity index (χ0) is 12.6. The van der Waals surface area contributed by atoms with Gasteiger partial charge in [0.05, 0.1) is 7.11 Å². The lowest BCUT2D eigenvalue weighted by molar-refractivity contribution is -0.140. The molecule has 1 unspecified atom stereocenters. The Kier molecular flexibility index (Phi) is 2.53. The fourth-order valence-corrected chi connectivity index (χ4v) is 1.91. The molecular weight excluding hydrogens is 222 g/mol. The van der Waals surface area contributed by atoms with E-state index < -0.39 is 11.5 Å². The lowest BCUT2D eigenvalue weighted by atomic mass is 9.98. The molecule has 5 heteroatoms. The Labute approximate surface area is 97.7 Å². The number of aromatic hydroxyl groups is 1. The van der Waals surface area contributed by atoms with Crippen LogP contribution in [0.1, 0.15) is 13.3 Å². The lowest BCUT2D eigenvalue weighted by Crippen LogP contribution is -2.32. The number of nitrogens with zero attached hydrogens (tertiary/aromatic N) is 1. The Morgan fingerprint density at radius 1 is 1.53 bits per heavy atom. The van der Waals surface area contributed by atoms with Crippen LogP contribution in [-0.2, 0) is 4.79 Å². The highest BCUT2D eigenvalue weighted by atomic mass is 16.5. The third-order valence-electron chi connectivity index (χ3n) is 2.98. The number of aliphatic carboxylic acids is 1. The fraction of sp³-hybridized carbons (Fsp3) is 0.333. The maximum absolute atomic E-state index is 11.3. The molecule has 0 saturated heterocycles. The Morgan fingerprint density at radius 3 is 2.76 bits per heavy atom. The molecule has 0 fully saturated rings. The van der Waals surface area contributed by atoms with Crippen LogP contribution in [0.15, 0.2) is 17.1 Å². The molecule has 0 aromatic heterocycles. The summed E-state index contributed by atoms with van der Waals surface area (Å²) in [7, 11) is 1.43. The average Bonchev–Trinajstić information content (AvgIpc) is 2.71.